The van der Waals surface area contributed by atoms with Gasteiger partial charge in [-0.1, -0.05) is 6.92 Å². The Balaban J connectivity index is 1.75. The lowest BCUT2D eigenvalue weighted by atomic mass is 10.2. The van der Waals surface area contributed by atoms with Crippen LogP contribution in [0.2, 0.25) is 0 Å². The summed E-state index contributed by atoms with van der Waals surface area (Å²) < 4.78 is 0. The van der Waals surface area contributed by atoms with Gasteiger partial charge < -0.3 is 10.2 Å². The molecule has 1 N–H and O–H groups in total. The molecule has 0 aromatic rings. The van der Waals surface area contributed by atoms with Gasteiger partial charge in [-0.25, -0.2) is 0 Å². The zero-order valence-electron chi connectivity index (χ0n) is 10.9. The molecule has 0 bridgehead atoms. The maximum Gasteiger partial charge on any atom is 0.240 e. The first-order valence-electron chi connectivity index (χ1n) is 6.86. The Morgan fingerprint density at radius 2 is 2.24 bits per heavy atom. The van der Waals surface area contributed by atoms with Gasteiger partial charge in [0.25, 0.3) is 0 Å². The number of nitrogens with zero attached hydrogens (tertiary/aromatic N) is 1. The molecule has 1 heterocycles. The highest BCUT2D eigenvalue weighted by atomic mass is 32.2. The monoisotopic (exact) mass is 256 g/mol. The van der Waals surface area contributed by atoms with Crippen LogP contribution in [0.4, 0.5) is 0 Å². The van der Waals surface area contributed by atoms with Crippen molar-refractivity contribution >= 4 is 17.7 Å². The molecule has 0 aromatic heterocycles. The van der Waals surface area contributed by atoms with Crippen molar-refractivity contribution in [2.45, 2.75) is 57.7 Å². The van der Waals surface area contributed by atoms with Crippen LogP contribution in [0.25, 0.3) is 0 Å². The van der Waals surface area contributed by atoms with Gasteiger partial charge >= 0.3 is 0 Å². The fourth-order valence-corrected chi connectivity index (χ4v) is 3.18. The van der Waals surface area contributed by atoms with Crippen molar-refractivity contribution in [2.75, 3.05) is 18.1 Å². The number of carbonyl (C=O) groups is 1. The molecule has 2 unspecified atom stereocenters. The van der Waals surface area contributed by atoms with Crippen molar-refractivity contribution in [1.29, 1.82) is 0 Å². The minimum atomic E-state index is 0.115. The Kier molecular flexibility index (Phi) is 4.74. The van der Waals surface area contributed by atoms with Crippen LogP contribution in [0.15, 0.2) is 0 Å². The minimum Gasteiger partial charge on any atom is -0.339 e. The second-order valence-corrected chi connectivity index (χ2v) is 6.54. The van der Waals surface area contributed by atoms with E-state index in [0.717, 1.165) is 19.4 Å². The largest absolute Gasteiger partial charge is 0.339 e. The third-order valence-corrected chi connectivity index (χ3v) is 4.60. The first-order valence-corrected chi connectivity index (χ1v) is 8.02. The van der Waals surface area contributed by atoms with Crippen molar-refractivity contribution in [3.8, 4) is 0 Å². The van der Waals surface area contributed by atoms with Crippen LogP contribution in [0.5, 0.6) is 0 Å². The normalized spacial score (nSPS) is 26.6. The molecular weight excluding hydrogens is 232 g/mol. The van der Waals surface area contributed by atoms with E-state index in [-0.39, 0.29) is 6.04 Å². The number of hydrogen-bond acceptors (Lipinski definition) is 3. The molecule has 0 radical (unpaired) electrons. The Morgan fingerprint density at radius 1 is 1.47 bits per heavy atom. The topological polar surface area (TPSA) is 32.3 Å². The number of likely N-dealkylation sites (tertiary alicyclic amines) is 1. The molecule has 1 saturated heterocycles. The third-order valence-electron chi connectivity index (χ3n) is 3.67. The molecular formula is C13H24N2OS. The van der Waals surface area contributed by atoms with Gasteiger partial charge in [0.1, 0.15) is 0 Å². The summed E-state index contributed by atoms with van der Waals surface area (Å²) in [6.07, 6.45) is 4.64. The molecule has 2 aliphatic rings. The van der Waals surface area contributed by atoms with Crippen LogP contribution in [-0.4, -0.2) is 47.0 Å². The Morgan fingerprint density at radius 3 is 2.88 bits per heavy atom. The summed E-state index contributed by atoms with van der Waals surface area (Å²) in [4.78, 5) is 14.3. The molecule has 1 saturated carbocycles. The fraction of sp³-hybridized carbons (Fsp3) is 0.923. The van der Waals surface area contributed by atoms with Crippen LogP contribution >= 0.6 is 11.8 Å². The lowest BCUT2D eigenvalue weighted by molar-refractivity contribution is -0.131. The van der Waals surface area contributed by atoms with Gasteiger partial charge in [-0.3, -0.25) is 4.79 Å². The zero-order valence-corrected chi connectivity index (χ0v) is 11.8. The van der Waals surface area contributed by atoms with E-state index in [2.05, 4.69) is 24.1 Å². The van der Waals surface area contributed by atoms with E-state index in [1.807, 2.05) is 11.8 Å². The van der Waals surface area contributed by atoms with Gasteiger partial charge in [0, 0.05) is 18.6 Å². The van der Waals surface area contributed by atoms with Crippen molar-refractivity contribution in [3.63, 3.8) is 0 Å². The standard InChI is InChI=1S/C13H24N2OS/c1-3-17-9-7-10(2)15-8-6-12(13(15)16)14-11-4-5-11/h10-12,14H,3-9H2,1-2H3. The van der Waals surface area contributed by atoms with Crippen molar-refractivity contribution in [2.24, 2.45) is 0 Å². The SMILES string of the molecule is CCSCCC(C)N1CCC(NC2CC2)C1=O. The summed E-state index contributed by atoms with van der Waals surface area (Å²) in [5, 5.41) is 3.46. The molecule has 2 atom stereocenters. The van der Waals surface area contributed by atoms with Gasteiger partial charge in [0.2, 0.25) is 5.91 Å². The third kappa shape index (κ3) is 3.62. The predicted molar refractivity (Wildman–Crippen MR) is 73.4 cm³/mol. The summed E-state index contributed by atoms with van der Waals surface area (Å²) in [7, 11) is 0. The van der Waals surface area contributed by atoms with E-state index in [9.17, 15) is 4.79 Å². The van der Waals surface area contributed by atoms with Gasteiger partial charge in [0.05, 0.1) is 6.04 Å². The van der Waals surface area contributed by atoms with Crippen LogP contribution in [0.1, 0.15) is 39.5 Å². The number of thioether (sulfide) groups is 1. The van der Waals surface area contributed by atoms with Crippen LogP contribution in [-0.2, 0) is 4.79 Å². The van der Waals surface area contributed by atoms with Crippen LogP contribution in [0, 0.1) is 0 Å². The van der Waals surface area contributed by atoms with Gasteiger partial charge in [-0.15, -0.1) is 0 Å². The molecule has 1 amide bonds. The van der Waals surface area contributed by atoms with Gasteiger partial charge in [-0.05, 0) is 44.1 Å². The molecule has 3 nitrogen and oxygen atoms in total. The van der Waals surface area contributed by atoms with Crippen molar-refractivity contribution in [3.05, 3.63) is 0 Å². The Hall–Kier alpha value is -0.220. The number of hydrogen-bond donors (Lipinski definition) is 1. The van der Waals surface area contributed by atoms with Crippen molar-refractivity contribution < 1.29 is 4.79 Å². The van der Waals surface area contributed by atoms with E-state index in [4.69, 9.17) is 0 Å². The first kappa shape index (κ1) is 13.2. The number of amides is 1. The lowest BCUT2D eigenvalue weighted by Gasteiger charge is -2.24. The summed E-state index contributed by atoms with van der Waals surface area (Å²) in [5.74, 6) is 2.68. The molecule has 1 aliphatic heterocycles. The van der Waals surface area contributed by atoms with Crippen LogP contribution in [0.3, 0.4) is 0 Å². The van der Waals surface area contributed by atoms with Gasteiger partial charge in [-0.2, -0.15) is 11.8 Å². The summed E-state index contributed by atoms with van der Waals surface area (Å²) in [6, 6.07) is 1.16. The molecule has 2 rings (SSSR count). The van der Waals surface area contributed by atoms with E-state index in [1.165, 1.54) is 24.3 Å². The number of nitrogens with one attached hydrogen (secondary N) is 1. The first-order chi connectivity index (χ1) is 8.22. The number of rotatable bonds is 7. The average molecular weight is 256 g/mol. The Labute approximate surface area is 109 Å². The summed E-state index contributed by atoms with van der Waals surface area (Å²) in [6.45, 7) is 5.32. The molecule has 17 heavy (non-hydrogen) atoms. The molecule has 2 fully saturated rings. The molecule has 1 aliphatic carbocycles. The van der Waals surface area contributed by atoms with E-state index in [1.54, 1.807) is 0 Å². The lowest BCUT2D eigenvalue weighted by Crippen LogP contribution is -2.42. The van der Waals surface area contributed by atoms with E-state index < -0.39 is 0 Å². The Bertz CT molecular complexity index is 268. The second-order valence-electron chi connectivity index (χ2n) is 5.15. The predicted octanol–water partition coefficient (Wildman–Crippen LogP) is 1.87. The maximum absolute atomic E-state index is 12.2. The second kappa shape index (κ2) is 6.10. The van der Waals surface area contributed by atoms with Crippen molar-refractivity contribution in [1.82, 2.24) is 10.2 Å². The molecule has 4 heteroatoms. The summed E-state index contributed by atoms with van der Waals surface area (Å²) >= 11 is 1.96. The van der Waals surface area contributed by atoms with E-state index in [0.29, 0.717) is 18.0 Å². The smallest absolute Gasteiger partial charge is 0.240 e. The highest BCUT2D eigenvalue weighted by molar-refractivity contribution is 7.99. The van der Waals surface area contributed by atoms with Gasteiger partial charge in [0.15, 0.2) is 0 Å². The zero-order chi connectivity index (χ0) is 12.3. The maximum atomic E-state index is 12.2. The van der Waals surface area contributed by atoms with E-state index >= 15 is 0 Å². The fourth-order valence-electron chi connectivity index (χ4n) is 2.38. The minimum absolute atomic E-state index is 0.115. The summed E-state index contributed by atoms with van der Waals surface area (Å²) in [5.41, 5.74) is 0. The highest BCUT2D eigenvalue weighted by Crippen LogP contribution is 2.24. The quantitative estimate of drug-likeness (QED) is 0.706. The number of carbonyl (C=O) groups excluding carboxylic acids is 1. The highest BCUT2D eigenvalue weighted by Gasteiger charge is 2.37. The average Bonchev–Trinajstić information content (AvgIpc) is 3.05. The van der Waals surface area contributed by atoms with Crippen LogP contribution < -0.4 is 5.32 Å². The molecule has 0 spiro atoms. The molecule has 98 valence electrons. The molecule has 0 aromatic carbocycles.